The molecule has 2 aliphatic carbocycles. The van der Waals surface area contributed by atoms with E-state index in [9.17, 15) is 27.2 Å². The largest absolute Gasteiger partial charge is 0.496 e. The van der Waals surface area contributed by atoms with Crippen molar-refractivity contribution in [1.29, 1.82) is 0 Å². The van der Waals surface area contributed by atoms with Crippen LogP contribution in [-0.4, -0.2) is 83.6 Å². The molecule has 2 aromatic heterocycles. The van der Waals surface area contributed by atoms with Crippen molar-refractivity contribution in [2.24, 2.45) is 5.92 Å². The first-order valence-corrected chi connectivity index (χ1v) is 21.8. The van der Waals surface area contributed by atoms with Crippen LogP contribution in [0.2, 0.25) is 0 Å². The van der Waals surface area contributed by atoms with Crippen molar-refractivity contribution >= 4 is 55.7 Å². The molecule has 0 spiro atoms. The SMILES string of the molecule is COc1ccc2c(O[C@@H]3C[C@H]4C(=O)N[C@]5(C(=O)NS(=O)(=O)C6CC6)C[C@H]5/C=C\CCCCC[C@H](Nc5ccc(F)cc5)C(=O)N4C3)cc(-c3nccs3)nc2c1C. The molecule has 8 rings (SSSR count). The Balaban J connectivity index is 1.14. The Hall–Kier alpha value is -5.09. The van der Waals surface area contributed by atoms with E-state index in [0.717, 1.165) is 24.8 Å². The smallest absolute Gasteiger partial charge is 0.259 e. The number of benzene rings is 2. The molecule has 1 saturated heterocycles. The van der Waals surface area contributed by atoms with E-state index < -0.39 is 62.5 Å². The van der Waals surface area contributed by atoms with Gasteiger partial charge in [-0.05, 0) is 81.8 Å². The van der Waals surface area contributed by atoms with Crippen LogP contribution in [-0.2, 0) is 24.4 Å². The second kappa shape index (κ2) is 15.7. The van der Waals surface area contributed by atoms with Gasteiger partial charge in [0.25, 0.3) is 5.91 Å². The van der Waals surface area contributed by atoms with E-state index in [0.29, 0.717) is 64.5 Å². The second-order valence-corrected chi connectivity index (χ2v) is 18.2. The van der Waals surface area contributed by atoms with Crippen LogP contribution in [0, 0.1) is 18.7 Å². The summed E-state index contributed by atoms with van der Waals surface area (Å²) in [4.78, 5) is 54.0. The molecule has 0 bridgehead atoms. The van der Waals surface area contributed by atoms with E-state index in [2.05, 4.69) is 20.3 Å². The van der Waals surface area contributed by atoms with Crippen molar-refractivity contribution in [2.45, 2.75) is 93.7 Å². The third kappa shape index (κ3) is 8.06. The second-order valence-electron chi connectivity index (χ2n) is 15.3. The number of carbonyl (C=O) groups is 3. The number of hydrogen-bond donors (Lipinski definition) is 3. The van der Waals surface area contributed by atoms with E-state index >= 15 is 0 Å². The number of nitrogens with zero attached hydrogens (tertiary/aromatic N) is 3. The van der Waals surface area contributed by atoms with Crippen molar-refractivity contribution < 1.29 is 36.7 Å². The molecule has 4 aliphatic rings. The van der Waals surface area contributed by atoms with Crippen LogP contribution in [0.3, 0.4) is 0 Å². The van der Waals surface area contributed by atoms with Gasteiger partial charge in [-0.2, -0.15) is 0 Å². The third-order valence-corrected chi connectivity index (χ3v) is 14.0. The molecule has 2 aromatic carbocycles. The number of aryl methyl sites for hydroxylation is 1. The van der Waals surface area contributed by atoms with Gasteiger partial charge in [-0.3, -0.25) is 19.1 Å². The highest BCUT2D eigenvalue weighted by Gasteiger charge is 2.62. The maximum absolute atomic E-state index is 14.7. The van der Waals surface area contributed by atoms with Gasteiger partial charge >= 0.3 is 0 Å². The summed E-state index contributed by atoms with van der Waals surface area (Å²) in [6.45, 7) is 1.96. The maximum atomic E-state index is 14.7. The molecule has 300 valence electrons. The van der Waals surface area contributed by atoms with Gasteiger partial charge in [0.05, 0.1) is 24.4 Å². The quantitative estimate of drug-likeness (QED) is 0.180. The normalized spacial score (nSPS) is 26.0. The fraction of sp³-hybridized carbons (Fsp3) is 0.439. The molecule has 2 aliphatic heterocycles. The van der Waals surface area contributed by atoms with Gasteiger partial charge in [-0.25, -0.2) is 22.8 Å². The molecule has 3 amide bonds. The topological polar surface area (TPSA) is 169 Å². The first-order chi connectivity index (χ1) is 27.5. The number of nitrogens with one attached hydrogen (secondary N) is 3. The predicted octanol–water partition coefficient (Wildman–Crippen LogP) is 5.65. The number of methoxy groups -OCH3 is 1. The van der Waals surface area contributed by atoms with Gasteiger partial charge in [-0.1, -0.05) is 25.0 Å². The van der Waals surface area contributed by atoms with Crippen molar-refractivity contribution in [1.82, 2.24) is 24.9 Å². The van der Waals surface area contributed by atoms with Crippen molar-refractivity contribution in [2.75, 3.05) is 19.0 Å². The fourth-order valence-electron chi connectivity index (χ4n) is 7.93. The molecule has 57 heavy (non-hydrogen) atoms. The summed E-state index contributed by atoms with van der Waals surface area (Å²) in [6, 6.07) is 9.47. The lowest BCUT2D eigenvalue weighted by molar-refractivity contribution is -0.140. The number of pyridine rings is 1. The zero-order chi connectivity index (χ0) is 39.9. The summed E-state index contributed by atoms with van der Waals surface area (Å²) in [7, 11) is -2.30. The number of hydrogen-bond acceptors (Lipinski definition) is 11. The number of aromatic nitrogens is 2. The highest BCUT2D eigenvalue weighted by atomic mass is 32.2. The first kappa shape index (κ1) is 38.8. The number of amides is 3. The van der Waals surface area contributed by atoms with Gasteiger partial charge in [0.2, 0.25) is 21.8 Å². The molecule has 4 heterocycles. The molecule has 0 unspecified atom stereocenters. The number of allylic oxidation sites excluding steroid dienone is 1. The Labute approximate surface area is 334 Å². The van der Waals surface area contributed by atoms with Crippen LogP contribution in [0.5, 0.6) is 11.5 Å². The van der Waals surface area contributed by atoms with E-state index in [1.807, 2.05) is 42.7 Å². The zero-order valence-corrected chi connectivity index (χ0v) is 33.3. The van der Waals surface area contributed by atoms with Crippen LogP contribution in [0.1, 0.15) is 63.4 Å². The summed E-state index contributed by atoms with van der Waals surface area (Å²) in [6.07, 6.45) is 9.70. The third-order valence-electron chi connectivity index (χ3n) is 11.3. The fourth-order valence-corrected chi connectivity index (χ4v) is 9.89. The number of thiazole rings is 1. The molecule has 2 saturated carbocycles. The molecule has 16 heteroatoms. The summed E-state index contributed by atoms with van der Waals surface area (Å²) >= 11 is 1.43. The maximum Gasteiger partial charge on any atom is 0.259 e. The predicted molar refractivity (Wildman–Crippen MR) is 214 cm³/mol. The molecule has 13 nitrogen and oxygen atoms in total. The molecule has 5 atom stereocenters. The van der Waals surface area contributed by atoms with Crippen LogP contribution in [0.4, 0.5) is 10.1 Å². The standard InChI is InChI=1S/C41H45FN6O7S2/c1-24-34(54-2)17-16-30-35(21-32(45-36(24)30)38-43-18-19-56-38)55-28-20-33-37(49)46-41(40(51)47-57(52,53)29-14-15-29)22-25(41)8-6-4-3-5-7-9-31(39(50)48(33)23-28)44-27-12-10-26(42)11-13-27/h6,8,10-13,16-19,21,25,28-29,31,33,44H,3-5,7,9,14-15,20,22-23H2,1-2H3,(H,46,49)(H,47,51)/b8-6-/t25-,28-,31+,33+,41-/m1/s1. The van der Waals surface area contributed by atoms with Gasteiger partial charge in [0.15, 0.2) is 0 Å². The summed E-state index contributed by atoms with van der Waals surface area (Å²) < 4.78 is 54.3. The average molecular weight is 817 g/mol. The Morgan fingerprint density at radius 2 is 1.88 bits per heavy atom. The van der Waals surface area contributed by atoms with Crippen LogP contribution >= 0.6 is 11.3 Å². The zero-order valence-electron chi connectivity index (χ0n) is 31.7. The van der Waals surface area contributed by atoms with E-state index in [4.69, 9.17) is 14.5 Å². The molecule has 3 fully saturated rings. The van der Waals surface area contributed by atoms with Crippen molar-refractivity contribution in [3.8, 4) is 22.2 Å². The summed E-state index contributed by atoms with van der Waals surface area (Å²) in [5, 5.41) is 8.86. The Morgan fingerprint density at radius 1 is 1.07 bits per heavy atom. The minimum atomic E-state index is -3.89. The van der Waals surface area contributed by atoms with Gasteiger partial charge in [-0.15, -0.1) is 11.3 Å². The van der Waals surface area contributed by atoms with Crippen molar-refractivity contribution in [3.63, 3.8) is 0 Å². The monoisotopic (exact) mass is 816 g/mol. The minimum Gasteiger partial charge on any atom is -0.496 e. The number of anilines is 1. The number of carbonyl (C=O) groups excluding carboxylic acids is 3. The average Bonchev–Trinajstić information content (AvgIpc) is 4.06. The minimum absolute atomic E-state index is 0.0443. The van der Waals surface area contributed by atoms with E-state index in [1.165, 1.54) is 28.4 Å². The van der Waals surface area contributed by atoms with Crippen LogP contribution < -0.4 is 24.8 Å². The van der Waals surface area contributed by atoms with E-state index in [1.54, 1.807) is 25.4 Å². The summed E-state index contributed by atoms with van der Waals surface area (Å²) in [5.41, 5.74) is 1.12. The number of sulfonamides is 1. The van der Waals surface area contributed by atoms with Gasteiger partial charge in [0, 0.05) is 46.6 Å². The van der Waals surface area contributed by atoms with Gasteiger partial charge in [0.1, 0.15) is 51.7 Å². The number of halogens is 1. The first-order valence-electron chi connectivity index (χ1n) is 19.4. The lowest BCUT2D eigenvalue weighted by Crippen LogP contribution is -2.57. The highest BCUT2D eigenvalue weighted by molar-refractivity contribution is 7.91. The lowest BCUT2D eigenvalue weighted by atomic mass is 10.0. The number of rotatable bonds is 9. The van der Waals surface area contributed by atoms with E-state index in [-0.39, 0.29) is 25.3 Å². The van der Waals surface area contributed by atoms with Crippen LogP contribution in [0.25, 0.3) is 21.6 Å². The molecular weight excluding hydrogens is 772 g/mol. The lowest BCUT2D eigenvalue weighted by Gasteiger charge is -2.30. The van der Waals surface area contributed by atoms with Gasteiger partial charge < -0.3 is 25.0 Å². The van der Waals surface area contributed by atoms with Crippen LogP contribution in [0.15, 0.2) is 66.2 Å². The highest BCUT2D eigenvalue weighted by Crippen LogP contribution is 2.46. The Bertz CT molecular complexity index is 2320. The summed E-state index contributed by atoms with van der Waals surface area (Å²) in [5.74, 6) is -1.38. The number of fused-ring (bicyclic) bond motifs is 3. The molecule has 3 N–H and O–H groups in total. The Kier molecular flexibility index (Phi) is 10.7. The molecular formula is C41H45FN6O7S2. The molecule has 4 aromatic rings. The van der Waals surface area contributed by atoms with Crippen molar-refractivity contribution in [3.05, 3.63) is 77.6 Å². The molecule has 0 radical (unpaired) electrons. The number of ether oxygens (including phenoxy) is 2. The Morgan fingerprint density at radius 3 is 2.61 bits per heavy atom.